The second-order valence-electron chi connectivity index (χ2n) is 4.57. The molecule has 106 valence electrons. The highest BCUT2D eigenvalue weighted by Crippen LogP contribution is 2.12. The lowest BCUT2D eigenvalue weighted by atomic mass is 10.1. The molecule has 0 amide bonds. The summed E-state index contributed by atoms with van der Waals surface area (Å²) in [6, 6.07) is 1.89. The van der Waals surface area contributed by atoms with Crippen molar-refractivity contribution in [3.63, 3.8) is 0 Å². The standard InChI is InChI=1S/C13H26N2O2S/c1-3-5-6-7-8-9-10-11-13(12-14)18(16,17)15-4-2/h13,15H,3-11H2,1-2H3. The topological polar surface area (TPSA) is 70.0 Å². The highest BCUT2D eigenvalue weighted by Gasteiger charge is 2.23. The SMILES string of the molecule is CCCCCCCCCC(C#N)S(=O)(=O)NCC. The van der Waals surface area contributed by atoms with Gasteiger partial charge in [-0.1, -0.05) is 58.8 Å². The van der Waals surface area contributed by atoms with Gasteiger partial charge in [-0.2, -0.15) is 5.26 Å². The molecule has 0 aromatic heterocycles. The van der Waals surface area contributed by atoms with Crippen LogP contribution in [0.1, 0.15) is 65.2 Å². The van der Waals surface area contributed by atoms with E-state index in [0.717, 1.165) is 19.3 Å². The van der Waals surface area contributed by atoms with Crippen molar-refractivity contribution in [3.8, 4) is 6.07 Å². The van der Waals surface area contributed by atoms with E-state index in [1.165, 1.54) is 25.7 Å². The van der Waals surface area contributed by atoms with Gasteiger partial charge >= 0.3 is 0 Å². The lowest BCUT2D eigenvalue weighted by Crippen LogP contribution is -2.33. The predicted molar refractivity (Wildman–Crippen MR) is 74.6 cm³/mol. The number of nitriles is 1. The van der Waals surface area contributed by atoms with Crippen molar-refractivity contribution >= 4 is 10.0 Å². The minimum Gasteiger partial charge on any atom is -0.214 e. The second kappa shape index (κ2) is 10.3. The Balaban J connectivity index is 3.79. The molecule has 0 saturated heterocycles. The number of hydrogen-bond donors (Lipinski definition) is 1. The summed E-state index contributed by atoms with van der Waals surface area (Å²) < 4.78 is 25.7. The van der Waals surface area contributed by atoms with E-state index in [2.05, 4.69) is 11.6 Å². The second-order valence-corrected chi connectivity index (χ2v) is 6.52. The van der Waals surface area contributed by atoms with Crippen LogP contribution in [0, 0.1) is 11.3 Å². The lowest BCUT2D eigenvalue weighted by Gasteiger charge is -2.10. The van der Waals surface area contributed by atoms with Crippen LogP contribution >= 0.6 is 0 Å². The maximum absolute atomic E-state index is 11.6. The molecule has 0 heterocycles. The Kier molecular flexibility index (Phi) is 9.99. The maximum Gasteiger partial charge on any atom is 0.227 e. The first kappa shape index (κ1) is 17.4. The first-order valence-corrected chi connectivity index (χ1v) is 8.51. The molecule has 0 aliphatic heterocycles. The van der Waals surface area contributed by atoms with Crippen molar-refractivity contribution in [1.82, 2.24) is 4.72 Å². The van der Waals surface area contributed by atoms with E-state index in [-0.39, 0.29) is 0 Å². The first-order valence-electron chi connectivity index (χ1n) is 6.96. The highest BCUT2D eigenvalue weighted by atomic mass is 32.2. The molecule has 0 aromatic rings. The van der Waals surface area contributed by atoms with Crippen LogP contribution in [-0.2, 0) is 10.0 Å². The average molecular weight is 274 g/mol. The van der Waals surface area contributed by atoms with E-state index in [1.54, 1.807) is 6.92 Å². The number of nitrogens with zero attached hydrogens (tertiary/aromatic N) is 1. The molecule has 1 unspecified atom stereocenters. The van der Waals surface area contributed by atoms with Crippen LogP contribution < -0.4 is 4.72 Å². The number of sulfonamides is 1. The van der Waals surface area contributed by atoms with Gasteiger partial charge in [0, 0.05) is 6.54 Å². The van der Waals surface area contributed by atoms with Gasteiger partial charge < -0.3 is 0 Å². The normalized spacial score (nSPS) is 13.2. The van der Waals surface area contributed by atoms with Crippen LogP contribution in [0.5, 0.6) is 0 Å². The van der Waals surface area contributed by atoms with Crippen molar-refractivity contribution in [1.29, 1.82) is 5.26 Å². The molecule has 0 spiro atoms. The fraction of sp³-hybridized carbons (Fsp3) is 0.923. The van der Waals surface area contributed by atoms with E-state index in [1.807, 2.05) is 6.07 Å². The summed E-state index contributed by atoms with van der Waals surface area (Å²) >= 11 is 0. The smallest absolute Gasteiger partial charge is 0.214 e. The molecule has 0 aromatic carbocycles. The fourth-order valence-electron chi connectivity index (χ4n) is 1.88. The van der Waals surface area contributed by atoms with Crippen LogP contribution in [0.15, 0.2) is 0 Å². The average Bonchev–Trinajstić information content (AvgIpc) is 2.32. The van der Waals surface area contributed by atoms with E-state index < -0.39 is 15.3 Å². The molecule has 0 aliphatic rings. The van der Waals surface area contributed by atoms with E-state index in [4.69, 9.17) is 5.26 Å². The van der Waals surface area contributed by atoms with Gasteiger partial charge in [-0.25, -0.2) is 13.1 Å². The Morgan fingerprint density at radius 2 is 1.61 bits per heavy atom. The molecular weight excluding hydrogens is 248 g/mol. The van der Waals surface area contributed by atoms with Gasteiger partial charge in [-0.3, -0.25) is 0 Å². The summed E-state index contributed by atoms with van der Waals surface area (Å²) in [5, 5.41) is 8.00. The van der Waals surface area contributed by atoms with Crippen LogP contribution in [0.3, 0.4) is 0 Å². The zero-order valence-corrected chi connectivity index (χ0v) is 12.4. The Bertz CT molecular complexity index is 333. The lowest BCUT2D eigenvalue weighted by molar-refractivity contribution is 0.553. The third kappa shape index (κ3) is 7.67. The molecule has 0 fully saturated rings. The zero-order valence-electron chi connectivity index (χ0n) is 11.6. The minimum absolute atomic E-state index is 0.345. The molecule has 0 radical (unpaired) electrons. The summed E-state index contributed by atoms with van der Waals surface area (Å²) in [7, 11) is -3.43. The van der Waals surface area contributed by atoms with Gasteiger partial charge in [-0.05, 0) is 6.42 Å². The molecule has 0 saturated carbocycles. The summed E-state index contributed by atoms with van der Waals surface area (Å²) in [6.45, 7) is 4.25. The Labute approximate surface area is 112 Å². The van der Waals surface area contributed by atoms with Crippen molar-refractivity contribution in [2.24, 2.45) is 0 Å². The van der Waals surface area contributed by atoms with E-state index in [0.29, 0.717) is 13.0 Å². The predicted octanol–water partition coefficient (Wildman–Crippen LogP) is 2.96. The maximum atomic E-state index is 11.6. The molecule has 0 aliphatic carbocycles. The quantitative estimate of drug-likeness (QED) is 0.589. The summed E-state index contributed by atoms with van der Waals surface area (Å²) in [4.78, 5) is 0. The van der Waals surface area contributed by atoms with Crippen molar-refractivity contribution in [3.05, 3.63) is 0 Å². The Hall–Kier alpha value is -0.600. The van der Waals surface area contributed by atoms with Crippen molar-refractivity contribution in [2.75, 3.05) is 6.54 Å². The molecular formula is C13H26N2O2S. The number of rotatable bonds is 11. The number of hydrogen-bond acceptors (Lipinski definition) is 3. The third-order valence-electron chi connectivity index (χ3n) is 2.93. The van der Waals surface area contributed by atoms with Crippen LogP contribution in [0.4, 0.5) is 0 Å². The van der Waals surface area contributed by atoms with Gasteiger partial charge in [0.2, 0.25) is 10.0 Å². The molecule has 0 bridgehead atoms. The van der Waals surface area contributed by atoms with Gasteiger partial charge in [0.25, 0.3) is 0 Å². The first-order chi connectivity index (χ1) is 8.58. The molecule has 4 nitrogen and oxygen atoms in total. The Morgan fingerprint density at radius 1 is 1.06 bits per heavy atom. The minimum atomic E-state index is -3.43. The number of nitrogens with one attached hydrogen (secondary N) is 1. The van der Waals surface area contributed by atoms with Gasteiger partial charge in [0.05, 0.1) is 6.07 Å². The van der Waals surface area contributed by atoms with Crippen LogP contribution in [0.2, 0.25) is 0 Å². The molecule has 0 rings (SSSR count). The highest BCUT2D eigenvalue weighted by molar-refractivity contribution is 7.90. The largest absolute Gasteiger partial charge is 0.227 e. The molecule has 5 heteroatoms. The van der Waals surface area contributed by atoms with Crippen molar-refractivity contribution < 1.29 is 8.42 Å². The Morgan fingerprint density at radius 3 is 2.11 bits per heavy atom. The van der Waals surface area contributed by atoms with E-state index in [9.17, 15) is 8.42 Å². The van der Waals surface area contributed by atoms with E-state index >= 15 is 0 Å². The third-order valence-corrected chi connectivity index (χ3v) is 4.72. The summed E-state index contributed by atoms with van der Waals surface area (Å²) in [5.41, 5.74) is 0. The molecule has 18 heavy (non-hydrogen) atoms. The van der Waals surface area contributed by atoms with Crippen LogP contribution in [0.25, 0.3) is 0 Å². The van der Waals surface area contributed by atoms with Gasteiger partial charge in [0.15, 0.2) is 5.25 Å². The monoisotopic (exact) mass is 274 g/mol. The molecule has 1 atom stereocenters. The fourth-order valence-corrected chi connectivity index (χ4v) is 3.10. The van der Waals surface area contributed by atoms with Crippen LogP contribution in [-0.4, -0.2) is 20.2 Å². The summed E-state index contributed by atoms with van der Waals surface area (Å²) in [5.74, 6) is 0. The zero-order chi connectivity index (χ0) is 13.9. The van der Waals surface area contributed by atoms with Gasteiger partial charge in [-0.15, -0.1) is 0 Å². The van der Waals surface area contributed by atoms with Gasteiger partial charge in [0.1, 0.15) is 0 Å². The summed E-state index contributed by atoms with van der Waals surface area (Å²) in [6.07, 6.45) is 8.39. The number of unbranched alkanes of at least 4 members (excludes halogenated alkanes) is 6. The van der Waals surface area contributed by atoms with Crippen molar-refractivity contribution in [2.45, 2.75) is 70.5 Å². The molecule has 1 N–H and O–H groups in total.